The summed E-state index contributed by atoms with van der Waals surface area (Å²) in [5.74, 6) is 0.286. The summed E-state index contributed by atoms with van der Waals surface area (Å²) in [6.45, 7) is 4.22. The minimum atomic E-state index is 0.00659. The summed E-state index contributed by atoms with van der Waals surface area (Å²) >= 11 is 0. The number of phenols is 1. The Labute approximate surface area is 83.8 Å². The molecule has 0 saturated heterocycles. The smallest absolute Gasteiger partial charge is 0.222 e. The van der Waals surface area contributed by atoms with E-state index in [4.69, 9.17) is 5.11 Å². The number of carbonyl (C=O) groups is 1. The van der Waals surface area contributed by atoms with Crippen LogP contribution < -0.4 is 5.32 Å². The lowest BCUT2D eigenvalue weighted by atomic mass is 10.2. The molecule has 0 radical (unpaired) electrons. The van der Waals surface area contributed by atoms with Gasteiger partial charge < -0.3 is 10.4 Å². The van der Waals surface area contributed by atoms with Crippen LogP contribution in [-0.4, -0.2) is 11.0 Å². The lowest BCUT2D eigenvalue weighted by molar-refractivity contribution is -0.124. The number of hydrogen-bond donors (Lipinski definition) is 2. The van der Waals surface area contributed by atoms with E-state index >= 15 is 0 Å². The Morgan fingerprint density at radius 3 is 2.43 bits per heavy atom. The molecule has 3 nitrogen and oxygen atoms in total. The summed E-state index contributed by atoms with van der Waals surface area (Å²) in [7, 11) is 0. The highest BCUT2D eigenvalue weighted by atomic mass is 16.3. The van der Waals surface area contributed by atoms with Gasteiger partial charge in [0.05, 0.1) is 0 Å². The molecular weight excluding hydrogens is 178 g/mol. The first-order valence-corrected chi connectivity index (χ1v) is 4.65. The first-order chi connectivity index (χ1) is 6.59. The molecule has 1 amide bonds. The van der Waals surface area contributed by atoms with Crippen LogP contribution in [0.15, 0.2) is 24.3 Å². The minimum absolute atomic E-state index is 0.00659. The van der Waals surface area contributed by atoms with Gasteiger partial charge in [-0.2, -0.15) is 0 Å². The number of benzene rings is 1. The zero-order valence-electron chi connectivity index (χ0n) is 8.45. The van der Waals surface area contributed by atoms with Crippen molar-refractivity contribution in [3.05, 3.63) is 29.8 Å². The van der Waals surface area contributed by atoms with Crippen molar-refractivity contribution in [3.8, 4) is 5.75 Å². The SMILES string of the molecule is CC(C)C(=O)NCc1ccc(O)cc1. The Morgan fingerprint density at radius 2 is 1.93 bits per heavy atom. The normalized spacial score (nSPS) is 10.2. The Balaban J connectivity index is 2.46. The first-order valence-electron chi connectivity index (χ1n) is 4.65. The Bertz CT molecular complexity index is 304. The van der Waals surface area contributed by atoms with Gasteiger partial charge >= 0.3 is 0 Å². The monoisotopic (exact) mass is 193 g/mol. The van der Waals surface area contributed by atoms with Crippen LogP contribution >= 0.6 is 0 Å². The zero-order valence-corrected chi connectivity index (χ0v) is 8.45. The number of nitrogens with one attached hydrogen (secondary N) is 1. The molecule has 0 bridgehead atoms. The van der Waals surface area contributed by atoms with Crippen molar-refractivity contribution in [1.29, 1.82) is 0 Å². The van der Waals surface area contributed by atoms with Crippen LogP contribution in [0.5, 0.6) is 5.75 Å². The molecule has 0 fully saturated rings. The topological polar surface area (TPSA) is 49.3 Å². The van der Waals surface area contributed by atoms with Crippen LogP contribution in [0.1, 0.15) is 19.4 Å². The van der Waals surface area contributed by atoms with Crippen molar-refractivity contribution >= 4 is 5.91 Å². The fourth-order valence-corrected chi connectivity index (χ4v) is 1.01. The maximum absolute atomic E-state index is 11.2. The van der Waals surface area contributed by atoms with Gasteiger partial charge in [0.1, 0.15) is 5.75 Å². The number of amides is 1. The summed E-state index contributed by atoms with van der Waals surface area (Å²) in [5, 5.41) is 11.8. The molecule has 0 aliphatic heterocycles. The fraction of sp³-hybridized carbons (Fsp3) is 0.364. The summed E-state index contributed by atoms with van der Waals surface area (Å²) in [6.07, 6.45) is 0. The summed E-state index contributed by atoms with van der Waals surface area (Å²) in [5.41, 5.74) is 0.983. The molecule has 0 aliphatic rings. The van der Waals surface area contributed by atoms with Crippen molar-refractivity contribution in [2.45, 2.75) is 20.4 Å². The molecule has 1 aromatic carbocycles. The molecule has 14 heavy (non-hydrogen) atoms. The van der Waals surface area contributed by atoms with Crippen LogP contribution in [0, 0.1) is 5.92 Å². The highest BCUT2D eigenvalue weighted by molar-refractivity contribution is 5.77. The minimum Gasteiger partial charge on any atom is -0.508 e. The third-order valence-corrected chi connectivity index (χ3v) is 1.93. The quantitative estimate of drug-likeness (QED) is 0.767. The number of hydrogen-bond acceptors (Lipinski definition) is 2. The largest absolute Gasteiger partial charge is 0.508 e. The highest BCUT2D eigenvalue weighted by Crippen LogP contribution is 2.09. The molecule has 0 heterocycles. The van der Waals surface area contributed by atoms with E-state index in [0.717, 1.165) is 5.56 Å². The fourth-order valence-electron chi connectivity index (χ4n) is 1.01. The molecular formula is C11H15NO2. The second kappa shape index (κ2) is 4.65. The van der Waals surface area contributed by atoms with Crippen LogP contribution in [0.3, 0.4) is 0 Å². The number of aromatic hydroxyl groups is 1. The molecule has 2 N–H and O–H groups in total. The van der Waals surface area contributed by atoms with Crippen molar-refractivity contribution in [2.75, 3.05) is 0 Å². The summed E-state index contributed by atoms with van der Waals surface area (Å²) in [4.78, 5) is 11.2. The lowest BCUT2D eigenvalue weighted by Gasteiger charge is -2.07. The van der Waals surface area contributed by atoms with Crippen LogP contribution in [0.2, 0.25) is 0 Å². The molecule has 1 aromatic rings. The number of rotatable bonds is 3. The average Bonchev–Trinajstić information content (AvgIpc) is 2.16. The van der Waals surface area contributed by atoms with Crippen LogP contribution in [-0.2, 0) is 11.3 Å². The van der Waals surface area contributed by atoms with Gasteiger partial charge in [0.2, 0.25) is 5.91 Å². The van der Waals surface area contributed by atoms with Gasteiger partial charge in [-0.15, -0.1) is 0 Å². The van der Waals surface area contributed by atoms with E-state index < -0.39 is 0 Å². The van der Waals surface area contributed by atoms with Gasteiger partial charge in [-0.05, 0) is 17.7 Å². The number of carbonyl (C=O) groups excluding carboxylic acids is 1. The van der Waals surface area contributed by atoms with E-state index in [1.807, 2.05) is 13.8 Å². The third kappa shape index (κ3) is 3.09. The molecule has 0 unspecified atom stereocenters. The molecule has 1 rings (SSSR count). The third-order valence-electron chi connectivity index (χ3n) is 1.93. The van der Waals surface area contributed by atoms with Crippen molar-refractivity contribution < 1.29 is 9.90 Å². The molecule has 0 aromatic heterocycles. The summed E-state index contributed by atoms with van der Waals surface area (Å²) < 4.78 is 0. The van der Waals surface area contributed by atoms with Crippen LogP contribution in [0.4, 0.5) is 0 Å². The average molecular weight is 193 g/mol. The predicted octanol–water partition coefficient (Wildman–Crippen LogP) is 1.66. The molecule has 0 spiro atoms. The Morgan fingerprint density at radius 1 is 1.36 bits per heavy atom. The lowest BCUT2D eigenvalue weighted by Crippen LogP contribution is -2.26. The first kappa shape index (κ1) is 10.6. The molecule has 0 aliphatic carbocycles. The van der Waals surface area contributed by atoms with Gasteiger partial charge in [-0.25, -0.2) is 0 Å². The van der Waals surface area contributed by atoms with E-state index in [-0.39, 0.29) is 17.6 Å². The van der Waals surface area contributed by atoms with Gasteiger partial charge in [0.15, 0.2) is 0 Å². The van der Waals surface area contributed by atoms with E-state index in [9.17, 15) is 4.79 Å². The van der Waals surface area contributed by atoms with Crippen molar-refractivity contribution in [2.24, 2.45) is 5.92 Å². The number of phenolic OH excluding ortho intramolecular Hbond substituents is 1. The Kier molecular flexibility index (Phi) is 3.51. The maximum atomic E-state index is 11.2. The van der Waals surface area contributed by atoms with Crippen molar-refractivity contribution in [1.82, 2.24) is 5.32 Å². The highest BCUT2D eigenvalue weighted by Gasteiger charge is 2.05. The van der Waals surface area contributed by atoms with Gasteiger partial charge in [0.25, 0.3) is 0 Å². The standard InChI is InChI=1S/C11H15NO2/c1-8(2)11(14)12-7-9-3-5-10(13)6-4-9/h3-6,8,13H,7H2,1-2H3,(H,12,14). The second-order valence-electron chi connectivity index (χ2n) is 3.54. The summed E-state index contributed by atoms with van der Waals surface area (Å²) in [6, 6.07) is 6.79. The molecule has 0 saturated carbocycles. The zero-order chi connectivity index (χ0) is 10.6. The van der Waals surface area contributed by atoms with E-state index in [1.165, 1.54) is 0 Å². The molecule has 3 heteroatoms. The predicted molar refractivity (Wildman–Crippen MR) is 54.8 cm³/mol. The van der Waals surface area contributed by atoms with Crippen LogP contribution in [0.25, 0.3) is 0 Å². The van der Waals surface area contributed by atoms with E-state index in [1.54, 1.807) is 24.3 Å². The Hall–Kier alpha value is -1.51. The van der Waals surface area contributed by atoms with Gasteiger partial charge in [0, 0.05) is 12.5 Å². The maximum Gasteiger partial charge on any atom is 0.222 e. The second-order valence-corrected chi connectivity index (χ2v) is 3.54. The van der Waals surface area contributed by atoms with E-state index in [2.05, 4.69) is 5.32 Å². The van der Waals surface area contributed by atoms with Gasteiger partial charge in [-0.1, -0.05) is 26.0 Å². The van der Waals surface area contributed by atoms with Crippen molar-refractivity contribution in [3.63, 3.8) is 0 Å². The molecule has 76 valence electrons. The van der Waals surface area contributed by atoms with E-state index in [0.29, 0.717) is 6.54 Å². The van der Waals surface area contributed by atoms with Gasteiger partial charge in [-0.3, -0.25) is 4.79 Å². The molecule has 0 atom stereocenters.